The molecule has 0 amide bonds. The number of unbranched alkanes of at least 4 members (excludes halogenated alkanes) is 29. The number of ether oxygens (including phenoxy) is 3. The van der Waals surface area contributed by atoms with Gasteiger partial charge in [-0.05, 0) is 96.3 Å². The van der Waals surface area contributed by atoms with Gasteiger partial charge in [0.1, 0.15) is 13.2 Å². The topological polar surface area (TPSA) is 78.9 Å². The van der Waals surface area contributed by atoms with Gasteiger partial charge < -0.3 is 14.2 Å². The molecule has 0 spiro atoms. The number of rotatable bonds is 56. The van der Waals surface area contributed by atoms with Crippen LogP contribution in [0, 0.1) is 0 Å². The summed E-state index contributed by atoms with van der Waals surface area (Å²) in [6.07, 6.45) is 82.7. The summed E-state index contributed by atoms with van der Waals surface area (Å²) in [7, 11) is 0. The maximum Gasteiger partial charge on any atom is 0.306 e. The summed E-state index contributed by atoms with van der Waals surface area (Å²) in [5.41, 5.74) is 0. The highest BCUT2D eigenvalue weighted by Gasteiger charge is 2.19. The Morgan fingerprint density at radius 1 is 0.284 bits per heavy atom. The van der Waals surface area contributed by atoms with Crippen molar-refractivity contribution in [3.8, 4) is 0 Å². The zero-order chi connectivity index (χ0) is 53.6. The fourth-order valence-corrected chi connectivity index (χ4v) is 8.72. The van der Waals surface area contributed by atoms with Gasteiger partial charge in [-0.15, -0.1) is 0 Å². The lowest BCUT2D eigenvalue weighted by Gasteiger charge is -2.18. The van der Waals surface area contributed by atoms with Gasteiger partial charge in [-0.1, -0.05) is 279 Å². The summed E-state index contributed by atoms with van der Waals surface area (Å²) in [5.74, 6) is -0.927. The van der Waals surface area contributed by atoms with E-state index in [9.17, 15) is 14.4 Å². The van der Waals surface area contributed by atoms with E-state index in [1.807, 2.05) is 0 Å². The molecule has 0 aliphatic heterocycles. The molecule has 0 aliphatic carbocycles. The Morgan fingerprint density at radius 3 is 0.851 bits per heavy atom. The van der Waals surface area contributed by atoms with Crippen molar-refractivity contribution in [3.63, 3.8) is 0 Å². The van der Waals surface area contributed by atoms with E-state index in [4.69, 9.17) is 14.2 Å². The third-order valence-corrected chi connectivity index (χ3v) is 13.3. The van der Waals surface area contributed by atoms with Crippen LogP contribution in [0.4, 0.5) is 0 Å². The summed E-state index contributed by atoms with van der Waals surface area (Å²) in [5, 5.41) is 0. The van der Waals surface area contributed by atoms with Crippen molar-refractivity contribution < 1.29 is 28.6 Å². The molecule has 0 saturated carbocycles. The molecular weight excluding hydrogens is 913 g/mol. The first-order valence-electron chi connectivity index (χ1n) is 31.2. The van der Waals surface area contributed by atoms with Crippen LogP contribution in [-0.4, -0.2) is 37.2 Å². The summed E-state index contributed by atoms with van der Waals surface area (Å²) in [4.78, 5) is 38.3. The maximum atomic E-state index is 12.9. The Hall–Kier alpha value is -3.67. The summed E-state index contributed by atoms with van der Waals surface area (Å²) >= 11 is 0. The zero-order valence-electron chi connectivity index (χ0n) is 48.6. The first-order valence-corrected chi connectivity index (χ1v) is 31.2. The van der Waals surface area contributed by atoms with E-state index < -0.39 is 6.10 Å². The molecule has 0 radical (unpaired) electrons. The average molecular weight is 1030 g/mol. The number of esters is 3. The molecule has 0 N–H and O–H groups in total. The molecule has 1 atom stereocenters. The molecule has 0 aromatic carbocycles. The molecule has 424 valence electrons. The van der Waals surface area contributed by atoms with Crippen molar-refractivity contribution >= 4 is 17.9 Å². The average Bonchev–Trinajstić information content (AvgIpc) is 3.40. The van der Waals surface area contributed by atoms with E-state index in [-0.39, 0.29) is 31.1 Å². The highest BCUT2D eigenvalue weighted by Crippen LogP contribution is 2.17. The first kappa shape index (κ1) is 70.3. The lowest BCUT2D eigenvalue weighted by atomic mass is 10.0. The highest BCUT2D eigenvalue weighted by atomic mass is 16.6. The minimum Gasteiger partial charge on any atom is -0.462 e. The van der Waals surface area contributed by atoms with E-state index >= 15 is 0 Å². The van der Waals surface area contributed by atoms with Gasteiger partial charge in [-0.2, -0.15) is 0 Å². The molecule has 1 unspecified atom stereocenters. The molecule has 0 aromatic heterocycles. The molecule has 0 aromatic rings. The van der Waals surface area contributed by atoms with Gasteiger partial charge in [0, 0.05) is 19.3 Å². The van der Waals surface area contributed by atoms with Gasteiger partial charge in [0.25, 0.3) is 0 Å². The Labute approximate surface area is 457 Å². The smallest absolute Gasteiger partial charge is 0.306 e. The molecule has 74 heavy (non-hydrogen) atoms. The van der Waals surface area contributed by atoms with E-state index in [2.05, 4.69) is 118 Å². The second-order valence-electron chi connectivity index (χ2n) is 20.6. The van der Waals surface area contributed by atoms with E-state index in [1.54, 1.807) is 0 Å². The second kappa shape index (κ2) is 61.9. The van der Waals surface area contributed by atoms with Crippen molar-refractivity contribution in [2.75, 3.05) is 13.2 Å². The fourth-order valence-electron chi connectivity index (χ4n) is 8.72. The molecule has 0 saturated heterocycles. The monoisotopic (exact) mass is 1030 g/mol. The summed E-state index contributed by atoms with van der Waals surface area (Å²) < 4.78 is 16.9. The van der Waals surface area contributed by atoms with Crippen LogP contribution in [0.25, 0.3) is 0 Å². The van der Waals surface area contributed by atoms with E-state index in [0.717, 1.165) is 109 Å². The predicted molar refractivity (Wildman–Crippen MR) is 320 cm³/mol. The van der Waals surface area contributed by atoms with Crippen molar-refractivity contribution in [2.24, 2.45) is 0 Å². The molecule has 6 heteroatoms. The van der Waals surface area contributed by atoms with E-state index in [0.29, 0.717) is 19.3 Å². The van der Waals surface area contributed by atoms with E-state index in [1.165, 1.54) is 148 Å². The van der Waals surface area contributed by atoms with Gasteiger partial charge in [0.15, 0.2) is 6.10 Å². The normalized spacial score (nSPS) is 12.7. The van der Waals surface area contributed by atoms with Crippen LogP contribution in [0.2, 0.25) is 0 Å². The van der Waals surface area contributed by atoms with Crippen molar-refractivity contribution in [1.29, 1.82) is 0 Å². The van der Waals surface area contributed by atoms with Crippen molar-refractivity contribution in [2.45, 2.75) is 303 Å². The molecule has 0 rings (SSSR count). The zero-order valence-corrected chi connectivity index (χ0v) is 48.6. The third-order valence-electron chi connectivity index (χ3n) is 13.3. The largest absolute Gasteiger partial charge is 0.462 e. The van der Waals surface area contributed by atoms with Crippen molar-refractivity contribution in [1.82, 2.24) is 0 Å². The van der Waals surface area contributed by atoms with Gasteiger partial charge in [0.2, 0.25) is 0 Å². The van der Waals surface area contributed by atoms with Crippen LogP contribution >= 0.6 is 0 Å². The molecular formula is C68H116O6. The quantitative estimate of drug-likeness (QED) is 0.0261. The number of hydrogen-bond donors (Lipinski definition) is 0. The minimum atomic E-state index is -0.796. The molecule has 0 bridgehead atoms. The standard InChI is InChI=1S/C68H116O6/c1-4-7-10-13-16-19-22-25-28-30-32-33-34-35-36-38-40-43-46-49-52-55-58-61-67(70)73-64-65(63-72-66(69)60-57-54-51-48-45-42-39-27-24-21-18-15-12-9-6-3)74-68(71)62-59-56-53-50-47-44-41-37-31-29-26-23-20-17-14-11-8-5-2/h7,9-10,12,16,18-19,21,25,27-28,32-33,39,45,48,65H,4-6,8,11,13-15,17,20,22-24,26,29-31,34-38,40-44,46-47,49-64H2,1-3H3/b10-7-,12-9-,19-16-,21-18-,28-25-,33-32-,39-27-,48-45-. The number of hydrogen-bond acceptors (Lipinski definition) is 6. The van der Waals surface area contributed by atoms with Crippen LogP contribution in [0.5, 0.6) is 0 Å². The lowest BCUT2D eigenvalue weighted by molar-refractivity contribution is -0.167. The number of carbonyl (C=O) groups excluding carboxylic acids is 3. The minimum absolute atomic E-state index is 0.0910. The Bertz CT molecular complexity index is 1460. The third kappa shape index (κ3) is 59.2. The Morgan fingerprint density at radius 2 is 0.527 bits per heavy atom. The van der Waals surface area contributed by atoms with Gasteiger partial charge in [0.05, 0.1) is 0 Å². The highest BCUT2D eigenvalue weighted by molar-refractivity contribution is 5.71. The summed E-state index contributed by atoms with van der Waals surface area (Å²) in [6, 6.07) is 0. The summed E-state index contributed by atoms with van der Waals surface area (Å²) in [6.45, 7) is 6.41. The predicted octanol–water partition coefficient (Wildman–Crippen LogP) is 21.3. The van der Waals surface area contributed by atoms with Crippen LogP contribution < -0.4 is 0 Å². The molecule has 0 heterocycles. The maximum absolute atomic E-state index is 12.9. The van der Waals surface area contributed by atoms with Gasteiger partial charge >= 0.3 is 17.9 Å². The number of allylic oxidation sites excluding steroid dienone is 16. The van der Waals surface area contributed by atoms with Crippen LogP contribution in [0.3, 0.4) is 0 Å². The van der Waals surface area contributed by atoms with Gasteiger partial charge in [-0.25, -0.2) is 0 Å². The number of carbonyl (C=O) groups is 3. The molecule has 6 nitrogen and oxygen atoms in total. The fraction of sp³-hybridized carbons (Fsp3) is 0.721. The SMILES string of the molecule is CC/C=C\C/C=C\C/C=C\C/C=C\CCCCCCCCCCCCC(=O)OCC(COC(=O)CCCC/C=C\C/C=C\C/C=C\C/C=C\CC)OC(=O)CCCCCCCCCCCCCCCCCCCC. The van der Waals surface area contributed by atoms with Gasteiger partial charge in [-0.3, -0.25) is 14.4 Å². The van der Waals surface area contributed by atoms with Crippen LogP contribution in [-0.2, 0) is 28.6 Å². The van der Waals surface area contributed by atoms with Crippen LogP contribution in [0.1, 0.15) is 297 Å². The first-order chi connectivity index (χ1) is 36.5. The Kier molecular flexibility index (Phi) is 58.8. The molecule has 0 aliphatic rings. The second-order valence-corrected chi connectivity index (χ2v) is 20.6. The van der Waals surface area contributed by atoms with Crippen molar-refractivity contribution in [3.05, 3.63) is 97.2 Å². The lowest BCUT2D eigenvalue weighted by Crippen LogP contribution is -2.30. The Balaban J connectivity index is 4.38. The van der Waals surface area contributed by atoms with Crippen LogP contribution in [0.15, 0.2) is 97.2 Å². The molecule has 0 fully saturated rings.